The van der Waals surface area contributed by atoms with Crippen LogP contribution in [0.2, 0.25) is 0 Å². The summed E-state index contributed by atoms with van der Waals surface area (Å²) < 4.78 is 20.3. The molecule has 2 aromatic rings. The SMILES string of the molecule is COc1cc(C(=O)NCCCNC(=O)c2cc(O)c(OC)c(OC)c2)cc(O)c1OC. The van der Waals surface area contributed by atoms with E-state index in [4.69, 9.17) is 18.9 Å². The van der Waals surface area contributed by atoms with E-state index < -0.39 is 11.8 Å². The Balaban J connectivity index is 1.87. The number of hydrogen-bond acceptors (Lipinski definition) is 8. The Hall–Kier alpha value is -3.82. The first kappa shape index (κ1) is 23.5. The minimum absolute atomic E-state index is 0.142. The average Bonchev–Trinajstić information content (AvgIpc) is 2.77. The van der Waals surface area contributed by atoms with Crippen LogP contribution in [-0.2, 0) is 0 Å². The normalized spacial score (nSPS) is 10.2. The number of phenolic OH excluding ortho intramolecular Hbond substituents is 2. The first-order valence-corrected chi connectivity index (χ1v) is 9.32. The van der Waals surface area contributed by atoms with Gasteiger partial charge >= 0.3 is 0 Å². The van der Waals surface area contributed by atoms with Crippen LogP contribution in [0.25, 0.3) is 0 Å². The highest BCUT2D eigenvalue weighted by atomic mass is 16.5. The monoisotopic (exact) mass is 434 g/mol. The van der Waals surface area contributed by atoms with Gasteiger partial charge in [-0.15, -0.1) is 0 Å². The average molecular weight is 434 g/mol. The molecule has 10 heteroatoms. The maximum absolute atomic E-state index is 12.3. The molecule has 0 bridgehead atoms. The standard InChI is InChI=1S/C21H26N2O8/c1-28-16-10-12(8-14(24)18(16)30-3)20(26)22-6-5-7-23-21(27)13-9-15(25)19(31-4)17(11-13)29-2/h8-11,24-25H,5-7H2,1-4H3,(H,22,26)(H,23,27). The quantitative estimate of drug-likeness (QED) is 0.415. The molecule has 4 N–H and O–H groups in total. The van der Waals surface area contributed by atoms with Crippen LogP contribution >= 0.6 is 0 Å². The number of carbonyl (C=O) groups excluding carboxylic acids is 2. The summed E-state index contributed by atoms with van der Waals surface area (Å²) in [5.74, 6) is -0.489. The predicted molar refractivity (Wildman–Crippen MR) is 112 cm³/mol. The summed E-state index contributed by atoms with van der Waals surface area (Å²) in [6.45, 7) is 0.566. The van der Waals surface area contributed by atoms with Gasteiger partial charge in [0, 0.05) is 24.2 Å². The minimum Gasteiger partial charge on any atom is -0.504 e. The predicted octanol–water partition coefficient (Wildman–Crippen LogP) is 1.68. The number of amides is 2. The number of aromatic hydroxyl groups is 2. The van der Waals surface area contributed by atoms with Crippen molar-refractivity contribution in [3.05, 3.63) is 35.4 Å². The summed E-state index contributed by atoms with van der Waals surface area (Å²) in [5.41, 5.74) is 0.417. The lowest BCUT2D eigenvalue weighted by Gasteiger charge is -2.13. The lowest BCUT2D eigenvalue weighted by Crippen LogP contribution is -2.30. The van der Waals surface area contributed by atoms with Gasteiger partial charge in [0.05, 0.1) is 28.4 Å². The van der Waals surface area contributed by atoms with Gasteiger partial charge in [-0.25, -0.2) is 0 Å². The molecule has 0 spiro atoms. The van der Waals surface area contributed by atoms with E-state index in [2.05, 4.69) is 10.6 Å². The molecular weight excluding hydrogens is 408 g/mol. The zero-order valence-electron chi connectivity index (χ0n) is 17.8. The van der Waals surface area contributed by atoms with Gasteiger partial charge in [-0.05, 0) is 30.7 Å². The third-order valence-electron chi connectivity index (χ3n) is 4.37. The summed E-state index contributed by atoms with van der Waals surface area (Å²) in [6, 6.07) is 5.47. The molecule has 0 radical (unpaired) electrons. The Labute approximate surface area is 179 Å². The van der Waals surface area contributed by atoms with E-state index in [-0.39, 0.29) is 58.7 Å². The Kier molecular flexibility index (Phi) is 8.18. The lowest BCUT2D eigenvalue weighted by molar-refractivity contribution is 0.0950. The van der Waals surface area contributed by atoms with Crippen molar-refractivity contribution in [1.82, 2.24) is 10.6 Å². The molecule has 0 fully saturated rings. The zero-order valence-corrected chi connectivity index (χ0v) is 17.8. The molecule has 0 aliphatic rings. The van der Waals surface area contributed by atoms with Crippen molar-refractivity contribution in [3.8, 4) is 34.5 Å². The summed E-state index contributed by atoms with van der Waals surface area (Å²) >= 11 is 0. The summed E-state index contributed by atoms with van der Waals surface area (Å²) in [5, 5.41) is 25.3. The van der Waals surface area contributed by atoms with Gasteiger partial charge in [-0.1, -0.05) is 0 Å². The molecule has 0 aliphatic heterocycles. The first-order chi connectivity index (χ1) is 14.9. The molecule has 2 aromatic carbocycles. The molecular formula is C21H26N2O8. The smallest absolute Gasteiger partial charge is 0.251 e. The van der Waals surface area contributed by atoms with E-state index in [9.17, 15) is 19.8 Å². The number of phenols is 2. The Bertz CT molecular complexity index is 870. The number of benzene rings is 2. The Morgan fingerprint density at radius 1 is 0.710 bits per heavy atom. The number of nitrogens with one attached hydrogen (secondary N) is 2. The lowest BCUT2D eigenvalue weighted by atomic mass is 10.1. The summed E-state index contributed by atoms with van der Waals surface area (Å²) in [6.07, 6.45) is 0.454. The van der Waals surface area contributed by atoms with Crippen molar-refractivity contribution >= 4 is 11.8 Å². The van der Waals surface area contributed by atoms with Crippen LogP contribution in [0.4, 0.5) is 0 Å². The van der Waals surface area contributed by atoms with Crippen LogP contribution in [0.3, 0.4) is 0 Å². The van der Waals surface area contributed by atoms with Crippen LogP contribution in [-0.4, -0.2) is 63.6 Å². The number of carbonyl (C=O) groups is 2. The van der Waals surface area contributed by atoms with Crippen molar-refractivity contribution in [3.63, 3.8) is 0 Å². The Morgan fingerprint density at radius 2 is 1.10 bits per heavy atom. The molecule has 0 heterocycles. The van der Waals surface area contributed by atoms with Gasteiger partial charge in [0.2, 0.25) is 11.5 Å². The number of rotatable bonds is 10. The van der Waals surface area contributed by atoms with E-state index in [1.54, 1.807) is 0 Å². The fourth-order valence-corrected chi connectivity index (χ4v) is 2.85. The zero-order chi connectivity index (χ0) is 23.0. The van der Waals surface area contributed by atoms with Gasteiger partial charge in [0.1, 0.15) is 0 Å². The molecule has 0 saturated carbocycles. The molecule has 10 nitrogen and oxygen atoms in total. The number of methoxy groups -OCH3 is 4. The van der Waals surface area contributed by atoms with Crippen LogP contribution in [0.1, 0.15) is 27.1 Å². The molecule has 2 amide bonds. The van der Waals surface area contributed by atoms with Gasteiger partial charge in [-0.3, -0.25) is 9.59 Å². The minimum atomic E-state index is -0.410. The highest BCUT2D eigenvalue weighted by molar-refractivity contribution is 5.96. The van der Waals surface area contributed by atoms with E-state index >= 15 is 0 Å². The fourth-order valence-electron chi connectivity index (χ4n) is 2.85. The van der Waals surface area contributed by atoms with Crippen molar-refractivity contribution in [2.45, 2.75) is 6.42 Å². The summed E-state index contributed by atoms with van der Waals surface area (Å²) in [7, 11) is 5.57. The highest BCUT2D eigenvalue weighted by Gasteiger charge is 2.17. The second-order valence-corrected chi connectivity index (χ2v) is 6.33. The highest BCUT2D eigenvalue weighted by Crippen LogP contribution is 2.38. The topological polar surface area (TPSA) is 136 Å². The van der Waals surface area contributed by atoms with E-state index in [0.29, 0.717) is 6.42 Å². The number of ether oxygens (including phenoxy) is 4. The van der Waals surface area contributed by atoms with Gasteiger partial charge < -0.3 is 39.8 Å². The van der Waals surface area contributed by atoms with E-state index in [0.717, 1.165) is 0 Å². The second-order valence-electron chi connectivity index (χ2n) is 6.33. The molecule has 0 aliphatic carbocycles. The molecule has 31 heavy (non-hydrogen) atoms. The van der Waals surface area contributed by atoms with Crippen molar-refractivity contribution in [2.24, 2.45) is 0 Å². The second kappa shape index (κ2) is 10.8. The van der Waals surface area contributed by atoms with Crippen LogP contribution in [0.15, 0.2) is 24.3 Å². The molecule has 0 unspecified atom stereocenters. The number of hydrogen-bond donors (Lipinski definition) is 4. The fraction of sp³-hybridized carbons (Fsp3) is 0.333. The van der Waals surface area contributed by atoms with Crippen LogP contribution in [0, 0.1) is 0 Å². The molecule has 0 aromatic heterocycles. The molecule has 2 rings (SSSR count). The van der Waals surface area contributed by atoms with Crippen molar-refractivity contribution < 1.29 is 38.7 Å². The van der Waals surface area contributed by atoms with Crippen LogP contribution < -0.4 is 29.6 Å². The van der Waals surface area contributed by atoms with E-state index in [1.165, 1.54) is 52.7 Å². The van der Waals surface area contributed by atoms with Crippen LogP contribution in [0.5, 0.6) is 34.5 Å². The Morgan fingerprint density at radius 3 is 1.42 bits per heavy atom. The van der Waals surface area contributed by atoms with E-state index in [1.807, 2.05) is 0 Å². The third-order valence-corrected chi connectivity index (χ3v) is 4.37. The maximum Gasteiger partial charge on any atom is 0.251 e. The summed E-state index contributed by atoms with van der Waals surface area (Å²) in [4.78, 5) is 24.6. The third kappa shape index (κ3) is 5.62. The largest absolute Gasteiger partial charge is 0.504 e. The molecule has 0 saturated heterocycles. The maximum atomic E-state index is 12.3. The van der Waals surface area contributed by atoms with Gasteiger partial charge in [0.15, 0.2) is 23.0 Å². The molecule has 168 valence electrons. The van der Waals surface area contributed by atoms with Crippen molar-refractivity contribution in [2.75, 3.05) is 41.5 Å². The van der Waals surface area contributed by atoms with Gasteiger partial charge in [0.25, 0.3) is 11.8 Å². The first-order valence-electron chi connectivity index (χ1n) is 9.32. The van der Waals surface area contributed by atoms with Gasteiger partial charge in [-0.2, -0.15) is 0 Å². The molecule has 0 atom stereocenters. The van der Waals surface area contributed by atoms with Crippen molar-refractivity contribution in [1.29, 1.82) is 0 Å².